The molecule has 8 heteroatoms. The van der Waals surface area contributed by atoms with Gasteiger partial charge in [-0.15, -0.1) is 0 Å². The molecule has 0 spiro atoms. The summed E-state index contributed by atoms with van der Waals surface area (Å²) in [6.45, 7) is 0.0539. The lowest BCUT2D eigenvalue weighted by atomic mass is 10.2. The number of hydrogen-bond donors (Lipinski definition) is 2. The van der Waals surface area contributed by atoms with Gasteiger partial charge in [0.25, 0.3) is 0 Å². The third kappa shape index (κ3) is 6.40. The Morgan fingerprint density at radius 3 is 2.68 bits per heavy atom. The highest BCUT2D eigenvalue weighted by molar-refractivity contribution is 5.91. The van der Waals surface area contributed by atoms with Crippen LogP contribution in [0.4, 0.5) is 23.2 Å². The third-order valence-electron chi connectivity index (χ3n) is 2.60. The number of carbonyl (C=O) groups is 1. The van der Waals surface area contributed by atoms with E-state index >= 15 is 0 Å². The summed E-state index contributed by atoms with van der Waals surface area (Å²) in [5, 5.41) is 2.60. The molecule has 1 aromatic rings. The summed E-state index contributed by atoms with van der Waals surface area (Å²) in [6.07, 6.45) is -3.63. The van der Waals surface area contributed by atoms with Crippen molar-refractivity contribution in [1.29, 1.82) is 0 Å². The van der Waals surface area contributed by atoms with Gasteiger partial charge in [-0.05, 0) is 24.6 Å². The molecule has 22 heavy (non-hydrogen) atoms. The van der Waals surface area contributed by atoms with E-state index in [0.29, 0.717) is 11.3 Å². The Bertz CT molecular complexity index is 495. The van der Waals surface area contributed by atoms with E-state index in [4.69, 9.17) is 5.73 Å². The SMILES string of the molecule is CC(N)CC(=O)Nc1cccc(COCC(F)(F)C(F)F)c1. The molecule has 0 saturated heterocycles. The number of nitrogens with one attached hydrogen (secondary N) is 1. The molecule has 0 aliphatic heterocycles. The number of ether oxygens (including phenoxy) is 1. The summed E-state index contributed by atoms with van der Waals surface area (Å²) in [5.74, 6) is -4.46. The van der Waals surface area contributed by atoms with E-state index in [1.165, 1.54) is 6.07 Å². The number of halogens is 4. The highest BCUT2D eigenvalue weighted by atomic mass is 19.3. The van der Waals surface area contributed by atoms with Crippen LogP contribution < -0.4 is 11.1 Å². The van der Waals surface area contributed by atoms with Gasteiger partial charge in [0.15, 0.2) is 0 Å². The summed E-state index contributed by atoms with van der Waals surface area (Å²) >= 11 is 0. The molecule has 0 bridgehead atoms. The molecule has 0 aliphatic carbocycles. The average molecular weight is 322 g/mol. The predicted octanol–water partition coefficient (Wildman–Crippen LogP) is 2.78. The Morgan fingerprint density at radius 2 is 2.09 bits per heavy atom. The van der Waals surface area contributed by atoms with Crippen molar-refractivity contribution < 1.29 is 27.1 Å². The fourth-order valence-electron chi connectivity index (χ4n) is 1.61. The highest BCUT2D eigenvalue weighted by Gasteiger charge is 2.40. The number of amides is 1. The zero-order valence-electron chi connectivity index (χ0n) is 12.0. The molecule has 0 radical (unpaired) electrons. The summed E-state index contributed by atoms with van der Waals surface area (Å²) in [5.41, 5.74) is 6.42. The maximum Gasteiger partial charge on any atom is 0.330 e. The maximum atomic E-state index is 12.7. The number of nitrogens with two attached hydrogens (primary N) is 1. The molecule has 1 unspecified atom stereocenters. The Hall–Kier alpha value is -1.67. The van der Waals surface area contributed by atoms with Gasteiger partial charge >= 0.3 is 12.3 Å². The topological polar surface area (TPSA) is 64.4 Å². The van der Waals surface area contributed by atoms with Crippen LogP contribution in [0.3, 0.4) is 0 Å². The van der Waals surface area contributed by atoms with E-state index in [2.05, 4.69) is 10.1 Å². The Kier molecular flexibility index (Phi) is 6.76. The molecule has 0 aromatic heterocycles. The summed E-state index contributed by atoms with van der Waals surface area (Å²) < 4.78 is 53.9. The van der Waals surface area contributed by atoms with Gasteiger partial charge in [-0.2, -0.15) is 8.78 Å². The van der Waals surface area contributed by atoms with Gasteiger partial charge < -0.3 is 15.8 Å². The second kappa shape index (κ2) is 8.09. The molecule has 4 nitrogen and oxygen atoms in total. The predicted molar refractivity (Wildman–Crippen MR) is 73.9 cm³/mol. The van der Waals surface area contributed by atoms with Crippen molar-refractivity contribution in [3.8, 4) is 0 Å². The number of hydrogen-bond acceptors (Lipinski definition) is 3. The van der Waals surface area contributed by atoms with E-state index in [1.807, 2.05) is 0 Å². The second-order valence-corrected chi connectivity index (χ2v) is 4.98. The van der Waals surface area contributed by atoms with Crippen molar-refractivity contribution in [3.63, 3.8) is 0 Å². The van der Waals surface area contributed by atoms with Crippen LogP contribution in [0.2, 0.25) is 0 Å². The van der Waals surface area contributed by atoms with Crippen LogP contribution in [0, 0.1) is 0 Å². The summed E-state index contributed by atoms with van der Waals surface area (Å²) in [4.78, 5) is 11.5. The number of anilines is 1. The average Bonchev–Trinajstić information content (AvgIpc) is 2.37. The molecule has 0 heterocycles. The van der Waals surface area contributed by atoms with Gasteiger partial charge in [0.2, 0.25) is 5.91 Å². The molecular formula is C14H18F4N2O2. The normalized spacial score (nSPS) is 13.2. The van der Waals surface area contributed by atoms with Crippen LogP contribution in [0.1, 0.15) is 18.9 Å². The molecule has 1 atom stereocenters. The van der Waals surface area contributed by atoms with E-state index < -0.39 is 19.0 Å². The first kappa shape index (κ1) is 18.4. The molecule has 3 N–H and O–H groups in total. The number of carbonyl (C=O) groups excluding carboxylic acids is 1. The van der Waals surface area contributed by atoms with Crippen molar-refractivity contribution in [2.45, 2.75) is 38.3 Å². The lowest BCUT2D eigenvalue weighted by Gasteiger charge is -2.15. The molecule has 0 fully saturated rings. The van der Waals surface area contributed by atoms with Crippen LogP contribution in [-0.4, -0.2) is 30.9 Å². The maximum absolute atomic E-state index is 12.7. The lowest BCUT2D eigenvalue weighted by molar-refractivity contribution is -0.168. The largest absolute Gasteiger partial charge is 0.370 e. The molecule has 1 amide bonds. The molecule has 1 aromatic carbocycles. The fourth-order valence-corrected chi connectivity index (χ4v) is 1.61. The van der Waals surface area contributed by atoms with E-state index in [0.717, 1.165) is 0 Å². The van der Waals surface area contributed by atoms with Gasteiger partial charge in [-0.1, -0.05) is 12.1 Å². The standard InChI is InChI=1S/C14H18F4N2O2/c1-9(19)5-12(21)20-11-4-2-3-10(6-11)7-22-8-14(17,18)13(15)16/h2-4,6,9,13H,5,7-8,19H2,1H3,(H,20,21). The van der Waals surface area contributed by atoms with E-state index in [9.17, 15) is 22.4 Å². The summed E-state index contributed by atoms with van der Waals surface area (Å²) in [6, 6.07) is 5.99. The van der Waals surface area contributed by atoms with Gasteiger partial charge in [0.1, 0.15) is 6.61 Å². The zero-order chi connectivity index (χ0) is 16.8. The molecule has 124 valence electrons. The van der Waals surface area contributed by atoms with Crippen LogP contribution in [0.25, 0.3) is 0 Å². The smallest absolute Gasteiger partial charge is 0.330 e. The van der Waals surface area contributed by atoms with Crippen molar-refractivity contribution in [1.82, 2.24) is 0 Å². The van der Waals surface area contributed by atoms with Gasteiger partial charge in [-0.3, -0.25) is 4.79 Å². The Morgan fingerprint density at radius 1 is 1.41 bits per heavy atom. The first-order valence-corrected chi connectivity index (χ1v) is 6.59. The quantitative estimate of drug-likeness (QED) is 0.723. The van der Waals surface area contributed by atoms with E-state index in [1.54, 1.807) is 25.1 Å². The Balaban J connectivity index is 2.52. The highest BCUT2D eigenvalue weighted by Crippen LogP contribution is 2.23. The van der Waals surface area contributed by atoms with Crippen LogP contribution in [0.5, 0.6) is 0 Å². The van der Waals surface area contributed by atoms with Crippen LogP contribution in [0.15, 0.2) is 24.3 Å². The third-order valence-corrected chi connectivity index (χ3v) is 2.60. The van der Waals surface area contributed by atoms with E-state index in [-0.39, 0.29) is 25.0 Å². The minimum atomic E-state index is -4.18. The van der Waals surface area contributed by atoms with Gasteiger partial charge in [-0.25, -0.2) is 8.78 Å². The lowest BCUT2D eigenvalue weighted by Crippen LogP contribution is -2.32. The molecular weight excluding hydrogens is 304 g/mol. The van der Waals surface area contributed by atoms with Gasteiger partial charge in [0, 0.05) is 18.2 Å². The number of alkyl halides is 4. The monoisotopic (exact) mass is 322 g/mol. The number of rotatable bonds is 8. The van der Waals surface area contributed by atoms with Crippen molar-refractivity contribution in [3.05, 3.63) is 29.8 Å². The second-order valence-electron chi connectivity index (χ2n) is 4.98. The first-order valence-electron chi connectivity index (χ1n) is 6.59. The zero-order valence-corrected chi connectivity index (χ0v) is 12.0. The molecule has 0 aliphatic rings. The van der Waals surface area contributed by atoms with Crippen molar-refractivity contribution in [2.75, 3.05) is 11.9 Å². The first-order chi connectivity index (χ1) is 10.2. The fraction of sp³-hybridized carbons (Fsp3) is 0.500. The van der Waals surface area contributed by atoms with Crippen LogP contribution >= 0.6 is 0 Å². The van der Waals surface area contributed by atoms with Crippen molar-refractivity contribution in [2.24, 2.45) is 5.73 Å². The minimum absolute atomic E-state index is 0.140. The summed E-state index contributed by atoms with van der Waals surface area (Å²) in [7, 11) is 0. The minimum Gasteiger partial charge on any atom is -0.370 e. The molecule has 1 rings (SSSR count). The van der Waals surface area contributed by atoms with Gasteiger partial charge in [0.05, 0.1) is 6.61 Å². The number of benzene rings is 1. The Labute approximate surface area is 125 Å². The van der Waals surface area contributed by atoms with Crippen molar-refractivity contribution >= 4 is 11.6 Å². The molecule has 0 saturated carbocycles. The van der Waals surface area contributed by atoms with Crippen LogP contribution in [-0.2, 0) is 16.1 Å².